The summed E-state index contributed by atoms with van der Waals surface area (Å²) in [6.07, 6.45) is 0.976. The normalized spacial score (nSPS) is 14.1. The fourth-order valence-corrected chi connectivity index (χ4v) is 3.13. The molecule has 0 aliphatic heterocycles. The van der Waals surface area contributed by atoms with E-state index in [0.717, 1.165) is 17.7 Å². The third-order valence-corrected chi connectivity index (χ3v) is 4.50. The van der Waals surface area contributed by atoms with Crippen molar-refractivity contribution >= 4 is 17.0 Å². The third kappa shape index (κ3) is 3.38. The summed E-state index contributed by atoms with van der Waals surface area (Å²) < 4.78 is 13.4. The Labute approximate surface area is 124 Å². The smallest absolute Gasteiger partial charge is 0.123 e. The molecule has 0 saturated heterocycles. The van der Waals surface area contributed by atoms with E-state index in [-0.39, 0.29) is 11.9 Å². The van der Waals surface area contributed by atoms with Gasteiger partial charge in [-0.1, -0.05) is 6.07 Å². The number of thiophene rings is 1. The van der Waals surface area contributed by atoms with Gasteiger partial charge in [-0.25, -0.2) is 4.39 Å². The Morgan fingerprint density at radius 1 is 1.30 bits per heavy atom. The molecule has 0 amide bonds. The molecule has 2 aromatic rings. The lowest BCUT2D eigenvalue weighted by molar-refractivity contribution is 0.619. The van der Waals surface area contributed by atoms with Crippen LogP contribution in [0.4, 0.5) is 10.1 Å². The number of rotatable bonds is 5. The summed E-state index contributed by atoms with van der Waals surface area (Å²) in [5.41, 5.74) is 7.82. The Morgan fingerprint density at radius 2 is 2.05 bits per heavy atom. The molecule has 20 heavy (non-hydrogen) atoms. The molecule has 0 saturated carbocycles. The van der Waals surface area contributed by atoms with Crippen LogP contribution in [0.1, 0.15) is 30.3 Å². The molecule has 0 spiro atoms. The van der Waals surface area contributed by atoms with Gasteiger partial charge in [-0.2, -0.15) is 0 Å². The molecule has 1 aromatic carbocycles. The molecular formula is C16H21FN2S. The van der Waals surface area contributed by atoms with Gasteiger partial charge in [-0.3, -0.25) is 0 Å². The number of anilines is 1. The number of hydrogen-bond acceptors (Lipinski definition) is 3. The summed E-state index contributed by atoms with van der Waals surface area (Å²) in [6.45, 7) is 4.06. The Morgan fingerprint density at radius 3 is 2.65 bits per heavy atom. The average Bonchev–Trinajstić information content (AvgIpc) is 2.90. The van der Waals surface area contributed by atoms with Crippen molar-refractivity contribution in [1.82, 2.24) is 0 Å². The summed E-state index contributed by atoms with van der Waals surface area (Å²) in [6, 6.07) is 9.21. The zero-order valence-corrected chi connectivity index (χ0v) is 13.0. The highest BCUT2D eigenvalue weighted by Crippen LogP contribution is 2.27. The molecule has 108 valence electrons. The zero-order chi connectivity index (χ0) is 14.7. The Bertz CT molecular complexity index is 552. The van der Waals surface area contributed by atoms with Crippen LogP contribution in [0.25, 0.3) is 0 Å². The van der Waals surface area contributed by atoms with Crippen molar-refractivity contribution in [1.29, 1.82) is 0 Å². The fourth-order valence-electron chi connectivity index (χ4n) is 2.31. The zero-order valence-electron chi connectivity index (χ0n) is 12.1. The lowest BCUT2D eigenvalue weighted by atomic mass is 10.0. The van der Waals surface area contributed by atoms with Gasteiger partial charge in [0.2, 0.25) is 0 Å². The number of benzene rings is 1. The predicted octanol–water partition coefficient (Wildman–Crippen LogP) is 3.97. The second kappa shape index (κ2) is 6.37. The average molecular weight is 292 g/mol. The molecule has 2 rings (SSSR count). The Kier molecular flexibility index (Phi) is 4.78. The van der Waals surface area contributed by atoms with Gasteiger partial charge in [0.1, 0.15) is 5.82 Å². The van der Waals surface area contributed by atoms with Crippen molar-refractivity contribution in [2.45, 2.75) is 32.4 Å². The number of likely N-dealkylation sites (N-methyl/N-ethyl adjacent to an activating group) is 1. The van der Waals surface area contributed by atoms with Crippen molar-refractivity contribution in [2.24, 2.45) is 5.73 Å². The van der Waals surface area contributed by atoms with Crippen molar-refractivity contribution in [3.05, 3.63) is 52.0 Å². The maximum atomic E-state index is 13.4. The molecule has 0 aliphatic carbocycles. The maximum absolute atomic E-state index is 13.4. The second-order valence-electron chi connectivity index (χ2n) is 5.24. The van der Waals surface area contributed by atoms with Gasteiger partial charge >= 0.3 is 0 Å². The largest absolute Gasteiger partial charge is 0.371 e. The number of nitrogens with zero attached hydrogens (tertiary/aromatic N) is 1. The van der Waals surface area contributed by atoms with E-state index >= 15 is 0 Å². The van der Waals surface area contributed by atoms with Gasteiger partial charge in [-0.15, -0.1) is 11.3 Å². The standard InChI is InChI=1S/C16H21FN2S/c1-11(9-14-5-4-8-20-14)19(3)16-7-6-13(17)10-15(16)12(2)18/h4-8,10-12H,9,18H2,1-3H3/t11?,12-/m1/s1. The van der Waals surface area contributed by atoms with Crippen LogP contribution in [-0.2, 0) is 6.42 Å². The maximum Gasteiger partial charge on any atom is 0.123 e. The van der Waals surface area contributed by atoms with Crippen LogP contribution in [0.15, 0.2) is 35.7 Å². The summed E-state index contributed by atoms with van der Waals surface area (Å²) in [7, 11) is 2.04. The van der Waals surface area contributed by atoms with Crippen LogP contribution >= 0.6 is 11.3 Å². The first-order chi connectivity index (χ1) is 9.49. The minimum Gasteiger partial charge on any atom is -0.371 e. The molecule has 2 atom stereocenters. The highest BCUT2D eigenvalue weighted by Gasteiger charge is 2.17. The van der Waals surface area contributed by atoms with Crippen LogP contribution in [0.2, 0.25) is 0 Å². The van der Waals surface area contributed by atoms with E-state index in [0.29, 0.717) is 6.04 Å². The first-order valence-electron chi connectivity index (χ1n) is 6.79. The van der Waals surface area contributed by atoms with E-state index < -0.39 is 0 Å². The van der Waals surface area contributed by atoms with Gasteiger partial charge in [0.25, 0.3) is 0 Å². The first-order valence-corrected chi connectivity index (χ1v) is 7.67. The van der Waals surface area contributed by atoms with E-state index in [9.17, 15) is 4.39 Å². The molecular weight excluding hydrogens is 271 g/mol. The molecule has 1 aromatic heterocycles. The Hall–Kier alpha value is -1.39. The molecule has 0 radical (unpaired) electrons. The quantitative estimate of drug-likeness (QED) is 0.903. The summed E-state index contributed by atoms with van der Waals surface area (Å²) in [5.74, 6) is -0.236. The van der Waals surface area contributed by atoms with Gasteiger partial charge in [0, 0.05) is 36.1 Å². The van der Waals surface area contributed by atoms with E-state index in [4.69, 9.17) is 5.73 Å². The molecule has 2 nitrogen and oxygen atoms in total. The predicted molar refractivity (Wildman–Crippen MR) is 84.9 cm³/mol. The number of hydrogen-bond donors (Lipinski definition) is 1. The number of nitrogens with two attached hydrogens (primary N) is 1. The summed E-state index contributed by atoms with van der Waals surface area (Å²) in [4.78, 5) is 3.53. The van der Waals surface area contributed by atoms with Crippen LogP contribution in [0, 0.1) is 5.82 Å². The van der Waals surface area contributed by atoms with Crippen molar-refractivity contribution in [3.8, 4) is 0 Å². The Balaban J connectivity index is 2.21. The lowest BCUT2D eigenvalue weighted by Gasteiger charge is -2.30. The number of halogens is 1. The minimum absolute atomic E-state index is 0.183. The van der Waals surface area contributed by atoms with Crippen LogP contribution in [0.5, 0.6) is 0 Å². The lowest BCUT2D eigenvalue weighted by Crippen LogP contribution is -2.32. The molecule has 0 aliphatic rings. The molecule has 2 N–H and O–H groups in total. The molecule has 4 heteroatoms. The third-order valence-electron chi connectivity index (χ3n) is 3.60. The molecule has 1 heterocycles. The highest BCUT2D eigenvalue weighted by atomic mass is 32.1. The van der Waals surface area contributed by atoms with Crippen LogP contribution in [-0.4, -0.2) is 13.1 Å². The molecule has 0 bridgehead atoms. The van der Waals surface area contributed by atoms with Crippen LogP contribution < -0.4 is 10.6 Å². The van der Waals surface area contributed by atoms with Gasteiger partial charge in [-0.05, 0) is 49.1 Å². The molecule has 1 unspecified atom stereocenters. The van der Waals surface area contributed by atoms with E-state index in [1.807, 2.05) is 20.0 Å². The van der Waals surface area contributed by atoms with Gasteiger partial charge in [0.05, 0.1) is 0 Å². The van der Waals surface area contributed by atoms with E-state index in [1.165, 1.54) is 17.0 Å². The van der Waals surface area contributed by atoms with Crippen molar-refractivity contribution < 1.29 is 4.39 Å². The van der Waals surface area contributed by atoms with Gasteiger partial charge in [0.15, 0.2) is 0 Å². The summed E-state index contributed by atoms with van der Waals surface area (Å²) >= 11 is 1.77. The van der Waals surface area contributed by atoms with Gasteiger partial charge < -0.3 is 10.6 Å². The van der Waals surface area contributed by atoms with Crippen molar-refractivity contribution in [2.75, 3.05) is 11.9 Å². The minimum atomic E-state index is -0.236. The second-order valence-corrected chi connectivity index (χ2v) is 6.27. The summed E-state index contributed by atoms with van der Waals surface area (Å²) in [5, 5.41) is 2.09. The topological polar surface area (TPSA) is 29.3 Å². The monoisotopic (exact) mass is 292 g/mol. The molecule has 0 fully saturated rings. The fraction of sp³-hybridized carbons (Fsp3) is 0.375. The van der Waals surface area contributed by atoms with E-state index in [2.05, 4.69) is 29.3 Å². The first kappa shape index (κ1) is 15.0. The van der Waals surface area contributed by atoms with Crippen LogP contribution in [0.3, 0.4) is 0 Å². The highest BCUT2D eigenvalue weighted by molar-refractivity contribution is 7.09. The van der Waals surface area contributed by atoms with Crippen molar-refractivity contribution in [3.63, 3.8) is 0 Å². The SMILES string of the molecule is CC(Cc1cccs1)N(C)c1ccc(F)cc1[C@@H](C)N. The van der Waals surface area contributed by atoms with E-state index in [1.54, 1.807) is 11.3 Å².